The van der Waals surface area contributed by atoms with Gasteiger partial charge in [-0.3, -0.25) is 9.59 Å². The fourth-order valence-corrected chi connectivity index (χ4v) is 3.58. The molecule has 0 saturated heterocycles. The fraction of sp³-hybridized carbons (Fsp3) is 0.190. The third-order valence-corrected chi connectivity index (χ3v) is 5.68. The summed E-state index contributed by atoms with van der Waals surface area (Å²) in [7, 11) is 1.59. The number of carbonyl (C=O) groups excluding carboxylic acids is 1. The summed E-state index contributed by atoms with van der Waals surface area (Å²) in [5.74, 6) is 0.507. The van der Waals surface area contributed by atoms with Crippen molar-refractivity contribution in [2.75, 3.05) is 12.4 Å². The zero-order chi connectivity index (χ0) is 21.0. The third-order valence-electron chi connectivity index (χ3n) is 4.29. The van der Waals surface area contributed by atoms with Crippen LogP contribution in [0.15, 0.2) is 58.5 Å². The number of carbonyl (C=O) groups is 1. The van der Waals surface area contributed by atoms with E-state index in [9.17, 15) is 9.59 Å². The first-order valence-corrected chi connectivity index (χ1v) is 10.1. The van der Waals surface area contributed by atoms with Crippen LogP contribution in [0.4, 0.5) is 5.69 Å². The van der Waals surface area contributed by atoms with Crippen molar-refractivity contribution >= 4 is 35.0 Å². The number of H-pyrrole nitrogens is 1. The lowest BCUT2D eigenvalue weighted by Crippen LogP contribution is -2.23. The van der Waals surface area contributed by atoms with Gasteiger partial charge in [0.15, 0.2) is 5.16 Å². The summed E-state index contributed by atoms with van der Waals surface area (Å²) in [6.07, 6.45) is 0. The van der Waals surface area contributed by atoms with Crippen LogP contribution in [0.3, 0.4) is 0 Å². The Labute approximate surface area is 177 Å². The first-order chi connectivity index (χ1) is 13.9. The van der Waals surface area contributed by atoms with Crippen LogP contribution in [0.2, 0.25) is 5.02 Å². The topological polar surface area (TPSA) is 84.1 Å². The second-order valence-electron chi connectivity index (χ2n) is 6.33. The molecule has 0 bridgehead atoms. The van der Waals surface area contributed by atoms with Crippen LogP contribution in [-0.4, -0.2) is 28.2 Å². The Morgan fingerprint density at radius 2 is 1.97 bits per heavy atom. The molecule has 3 rings (SSSR count). The van der Waals surface area contributed by atoms with Gasteiger partial charge in [-0.25, -0.2) is 4.98 Å². The highest BCUT2D eigenvalue weighted by molar-refractivity contribution is 8.00. The highest BCUT2D eigenvalue weighted by atomic mass is 35.5. The van der Waals surface area contributed by atoms with Crippen molar-refractivity contribution in [1.82, 2.24) is 9.97 Å². The van der Waals surface area contributed by atoms with Crippen molar-refractivity contribution in [3.63, 3.8) is 0 Å². The zero-order valence-corrected chi connectivity index (χ0v) is 17.7. The number of nitrogens with zero attached hydrogens (tertiary/aromatic N) is 1. The summed E-state index contributed by atoms with van der Waals surface area (Å²) in [6.45, 7) is 3.59. The molecule has 3 aromatic rings. The van der Waals surface area contributed by atoms with Crippen molar-refractivity contribution in [2.45, 2.75) is 24.3 Å². The molecule has 1 atom stereocenters. The second-order valence-corrected chi connectivity index (χ2v) is 8.06. The number of anilines is 1. The van der Waals surface area contributed by atoms with Crippen molar-refractivity contribution in [3.8, 4) is 17.0 Å². The molecule has 1 unspecified atom stereocenters. The molecule has 0 fully saturated rings. The van der Waals surface area contributed by atoms with E-state index < -0.39 is 5.25 Å². The first-order valence-electron chi connectivity index (χ1n) is 8.86. The maximum Gasteiger partial charge on any atom is 0.252 e. The van der Waals surface area contributed by atoms with Crippen molar-refractivity contribution < 1.29 is 9.53 Å². The Hall–Kier alpha value is -2.77. The number of ether oxygens (including phenoxy) is 1. The lowest BCUT2D eigenvalue weighted by Gasteiger charge is -2.14. The Bertz CT molecular complexity index is 1080. The van der Waals surface area contributed by atoms with Gasteiger partial charge in [-0.1, -0.05) is 29.4 Å². The molecule has 0 aliphatic heterocycles. The molecular formula is C21H20ClN3O3S. The average molecular weight is 430 g/mol. The Balaban J connectivity index is 1.76. The average Bonchev–Trinajstić information content (AvgIpc) is 2.71. The third kappa shape index (κ3) is 5.19. The molecule has 6 nitrogen and oxygen atoms in total. The van der Waals surface area contributed by atoms with E-state index in [4.69, 9.17) is 16.3 Å². The Morgan fingerprint density at radius 1 is 1.24 bits per heavy atom. The summed E-state index contributed by atoms with van der Waals surface area (Å²) in [5, 5.41) is 3.34. The number of benzene rings is 2. The van der Waals surface area contributed by atoms with E-state index in [1.165, 1.54) is 17.8 Å². The highest BCUT2D eigenvalue weighted by Gasteiger charge is 2.18. The Kier molecular flexibility index (Phi) is 6.61. The van der Waals surface area contributed by atoms with Gasteiger partial charge >= 0.3 is 0 Å². The number of methoxy groups -OCH3 is 1. The highest BCUT2D eigenvalue weighted by Crippen LogP contribution is 2.26. The summed E-state index contributed by atoms with van der Waals surface area (Å²) in [6, 6.07) is 14.0. The molecule has 0 aliphatic rings. The number of amides is 1. The molecule has 150 valence electrons. The smallest absolute Gasteiger partial charge is 0.252 e. The first kappa shape index (κ1) is 21.0. The van der Waals surface area contributed by atoms with E-state index in [1.807, 2.05) is 19.1 Å². The predicted molar refractivity (Wildman–Crippen MR) is 117 cm³/mol. The van der Waals surface area contributed by atoms with Gasteiger partial charge in [-0.05, 0) is 55.8 Å². The van der Waals surface area contributed by atoms with Crippen LogP contribution < -0.4 is 15.6 Å². The monoisotopic (exact) mass is 429 g/mol. The van der Waals surface area contributed by atoms with Crippen molar-refractivity contribution in [1.29, 1.82) is 0 Å². The Morgan fingerprint density at radius 3 is 2.66 bits per heavy atom. The van der Waals surface area contributed by atoms with Crippen LogP contribution >= 0.6 is 23.4 Å². The summed E-state index contributed by atoms with van der Waals surface area (Å²) in [4.78, 5) is 31.8. The quantitative estimate of drug-likeness (QED) is 0.444. The minimum absolute atomic E-state index is 0.210. The molecule has 1 heterocycles. The van der Waals surface area contributed by atoms with Crippen LogP contribution in [0, 0.1) is 6.92 Å². The fourth-order valence-electron chi connectivity index (χ4n) is 2.60. The largest absolute Gasteiger partial charge is 0.497 e. The lowest BCUT2D eigenvalue weighted by atomic mass is 10.1. The number of rotatable bonds is 6. The molecule has 29 heavy (non-hydrogen) atoms. The number of thioether (sulfide) groups is 1. The predicted octanol–water partition coefficient (Wildman–Crippen LogP) is 4.53. The molecule has 0 radical (unpaired) electrons. The SMILES string of the molecule is COc1ccc(-c2cc(=O)[nH]c(SC(C)C(=O)Nc3cccc(Cl)c3C)n2)cc1. The molecule has 0 aliphatic carbocycles. The molecule has 0 saturated carbocycles. The minimum atomic E-state index is -0.484. The van der Waals surface area contributed by atoms with Crippen LogP contribution in [0.25, 0.3) is 11.3 Å². The lowest BCUT2D eigenvalue weighted by molar-refractivity contribution is -0.115. The van der Waals surface area contributed by atoms with Crippen LogP contribution in [0.1, 0.15) is 12.5 Å². The zero-order valence-electron chi connectivity index (χ0n) is 16.2. The molecular weight excluding hydrogens is 410 g/mol. The molecule has 1 aromatic heterocycles. The van der Waals surface area contributed by atoms with Crippen molar-refractivity contribution in [2.24, 2.45) is 0 Å². The summed E-state index contributed by atoms with van der Waals surface area (Å²) < 4.78 is 5.15. The number of nitrogens with one attached hydrogen (secondary N) is 2. The molecule has 1 amide bonds. The van der Waals surface area contributed by atoms with Gasteiger partial charge in [0.25, 0.3) is 5.56 Å². The minimum Gasteiger partial charge on any atom is -0.497 e. The second kappa shape index (κ2) is 9.15. The van der Waals surface area contributed by atoms with E-state index in [2.05, 4.69) is 15.3 Å². The van der Waals surface area contributed by atoms with Gasteiger partial charge in [0.2, 0.25) is 5.91 Å². The molecule has 0 spiro atoms. The van der Waals surface area contributed by atoms with Gasteiger partial charge in [0.1, 0.15) is 5.75 Å². The van der Waals surface area contributed by atoms with Gasteiger partial charge in [-0.2, -0.15) is 0 Å². The standard InChI is InChI=1S/C21H20ClN3O3S/c1-12-16(22)5-4-6-17(12)23-20(27)13(2)29-21-24-18(11-19(26)25-21)14-7-9-15(28-3)10-8-14/h4-11,13H,1-3H3,(H,23,27)(H,24,25,26). The van der Waals surface area contributed by atoms with E-state index in [-0.39, 0.29) is 11.5 Å². The van der Waals surface area contributed by atoms with E-state index in [0.717, 1.165) is 16.9 Å². The van der Waals surface area contributed by atoms with Crippen molar-refractivity contribution in [3.05, 3.63) is 69.5 Å². The van der Waals surface area contributed by atoms with E-state index >= 15 is 0 Å². The molecule has 8 heteroatoms. The number of aromatic amines is 1. The van der Waals surface area contributed by atoms with E-state index in [1.54, 1.807) is 44.4 Å². The van der Waals surface area contributed by atoms with Gasteiger partial charge in [-0.15, -0.1) is 0 Å². The summed E-state index contributed by atoms with van der Waals surface area (Å²) >= 11 is 7.28. The maximum absolute atomic E-state index is 12.6. The number of hydrogen-bond acceptors (Lipinski definition) is 5. The van der Waals surface area contributed by atoms with Gasteiger partial charge in [0.05, 0.1) is 18.1 Å². The van der Waals surface area contributed by atoms with E-state index in [0.29, 0.717) is 21.6 Å². The molecule has 2 N–H and O–H groups in total. The number of hydrogen-bond donors (Lipinski definition) is 2. The van der Waals surface area contributed by atoms with Crippen LogP contribution in [0.5, 0.6) is 5.75 Å². The molecule has 2 aromatic carbocycles. The van der Waals surface area contributed by atoms with Gasteiger partial charge < -0.3 is 15.0 Å². The summed E-state index contributed by atoms with van der Waals surface area (Å²) in [5.41, 5.74) is 2.48. The number of halogens is 1. The maximum atomic E-state index is 12.6. The van der Waals surface area contributed by atoms with Crippen LogP contribution in [-0.2, 0) is 4.79 Å². The normalized spacial score (nSPS) is 11.7. The number of aromatic nitrogens is 2. The van der Waals surface area contributed by atoms with Gasteiger partial charge in [0, 0.05) is 22.3 Å².